The summed E-state index contributed by atoms with van der Waals surface area (Å²) in [4.78, 5) is 35.8. The molecule has 0 atom stereocenters. The maximum absolute atomic E-state index is 13.6. The van der Waals surface area contributed by atoms with E-state index in [0.29, 0.717) is 11.4 Å². The third-order valence-electron chi connectivity index (χ3n) is 9.91. The molecule has 1 aliphatic carbocycles. The van der Waals surface area contributed by atoms with Crippen LogP contribution in [0.3, 0.4) is 0 Å². The van der Waals surface area contributed by atoms with Gasteiger partial charge in [-0.1, -0.05) is 49.2 Å². The number of allylic oxidation sites excluding steroid dienone is 1. The minimum absolute atomic E-state index is 0.0301. The Morgan fingerprint density at radius 1 is 1.04 bits per heavy atom. The van der Waals surface area contributed by atoms with Crippen LogP contribution in [0.15, 0.2) is 102 Å². The van der Waals surface area contributed by atoms with E-state index in [-0.39, 0.29) is 16.7 Å². The summed E-state index contributed by atoms with van der Waals surface area (Å²) in [5.41, 5.74) is 5.38. The highest BCUT2D eigenvalue weighted by Crippen LogP contribution is 2.43. The fraction of sp³-hybridized carbons (Fsp3) is 0.282. The van der Waals surface area contributed by atoms with E-state index >= 15 is 0 Å². The van der Waals surface area contributed by atoms with Gasteiger partial charge in [-0.2, -0.15) is 0 Å². The Balaban J connectivity index is 1.11. The SMILES string of the molecule is CC1(C)CCC(CN2CCN(c3ccc(C(=O)NS(=O)(=O)c4cccc([N+](=O)[O-])c4)c(Oc4cnc5[nH]ccc5c4)c3)CC2)=C(c2ccc(Cl)cc2)C1. The van der Waals surface area contributed by atoms with Crippen molar-refractivity contribution in [3.8, 4) is 11.5 Å². The number of aromatic nitrogens is 2. The second kappa shape index (κ2) is 14.6. The molecule has 274 valence electrons. The monoisotopic (exact) mass is 754 g/mol. The number of sulfonamides is 1. The lowest BCUT2D eigenvalue weighted by Crippen LogP contribution is -2.47. The Morgan fingerprint density at radius 3 is 2.57 bits per heavy atom. The molecule has 3 aromatic carbocycles. The zero-order valence-electron chi connectivity index (χ0n) is 29.3. The van der Waals surface area contributed by atoms with Crippen LogP contribution in [-0.4, -0.2) is 66.8 Å². The summed E-state index contributed by atoms with van der Waals surface area (Å²) in [5, 5.41) is 12.8. The van der Waals surface area contributed by atoms with Crippen molar-refractivity contribution >= 4 is 55.5 Å². The summed E-state index contributed by atoms with van der Waals surface area (Å²) in [6.45, 7) is 8.68. The highest BCUT2D eigenvalue weighted by atomic mass is 35.5. The second-order valence-electron chi connectivity index (χ2n) is 14.3. The van der Waals surface area contributed by atoms with Crippen molar-refractivity contribution in [3.63, 3.8) is 0 Å². The number of piperazine rings is 1. The molecule has 1 saturated heterocycles. The normalized spacial score (nSPS) is 16.5. The number of nitro benzene ring substituents is 1. The van der Waals surface area contributed by atoms with Crippen LogP contribution in [0.4, 0.5) is 11.4 Å². The smallest absolute Gasteiger partial charge is 0.270 e. The molecule has 2 aliphatic rings. The molecule has 0 unspecified atom stereocenters. The number of ether oxygens (including phenoxy) is 1. The van der Waals surface area contributed by atoms with Gasteiger partial charge in [0, 0.05) is 73.2 Å². The maximum Gasteiger partial charge on any atom is 0.270 e. The van der Waals surface area contributed by atoms with Gasteiger partial charge >= 0.3 is 0 Å². The molecular weight excluding hydrogens is 716 g/mol. The van der Waals surface area contributed by atoms with E-state index in [1.54, 1.807) is 24.4 Å². The first-order valence-corrected chi connectivity index (χ1v) is 19.2. The lowest BCUT2D eigenvalue weighted by atomic mass is 9.72. The largest absolute Gasteiger partial charge is 0.455 e. The summed E-state index contributed by atoms with van der Waals surface area (Å²) < 4.78 is 34.7. The first kappa shape index (κ1) is 36.1. The molecule has 0 spiro atoms. The van der Waals surface area contributed by atoms with E-state index in [2.05, 4.69) is 50.5 Å². The van der Waals surface area contributed by atoms with Gasteiger partial charge in [-0.15, -0.1) is 0 Å². The number of halogens is 1. The van der Waals surface area contributed by atoms with Gasteiger partial charge in [0.1, 0.15) is 17.1 Å². The number of fused-ring (bicyclic) bond motifs is 1. The molecule has 0 radical (unpaired) electrons. The predicted octanol–water partition coefficient (Wildman–Crippen LogP) is 7.82. The van der Waals surface area contributed by atoms with Gasteiger partial charge < -0.3 is 14.6 Å². The van der Waals surface area contributed by atoms with Crippen molar-refractivity contribution in [2.45, 2.75) is 38.0 Å². The van der Waals surface area contributed by atoms with Crippen LogP contribution < -0.4 is 14.4 Å². The highest BCUT2D eigenvalue weighted by Gasteiger charge is 2.30. The molecule has 2 aromatic heterocycles. The number of non-ortho nitro benzene ring substituents is 1. The molecule has 12 nitrogen and oxygen atoms in total. The molecule has 1 fully saturated rings. The average molecular weight is 755 g/mol. The Hall–Kier alpha value is -5.24. The number of hydrogen-bond donors (Lipinski definition) is 2. The number of hydrogen-bond acceptors (Lipinski definition) is 9. The van der Waals surface area contributed by atoms with Crippen LogP contribution >= 0.6 is 11.6 Å². The van der Waals surface area contributed by atoms with Gasteiger partial charge in [0.05, 0.1) is 21.6 Å². The molecule has 14 heteroatoms. The third kappa shape index (κ3) is 8.22. The number of pyridine rings is 1. The number of rotatable bonds is 10. The van der Waals surface area contributed by atoms with Crippen molar-refractivity contribution in [1.82, 2.24) is 19.6 Å². The van der Waals surface area contributed by atoms with E-state index in [4.69, 9.17) is 16.3 Å². The molecule has 7 rings (SSSR count). The Labute approximate surface area is 312 Å². The van der Waals surface area contributed by atoms with Gasteiger partial charge in [0.2, 0.25) is 0 Å². The van der Waals surface area contributed by atoms with E-state index in [1.165, 1.54) is 47.2 Å². The molecule has 0 saturated carbocycles. The van der Waals surface area contributed by atoms with Gasteiger partial charge in [-0.3, -0.25) is 19.8 Å². The van der Waals surface area contributed by atoms with Crippen molar-refractivity contribution in [3.05, 3.63) is 123 Å². The quantitative estimate of drug-likeness (QED) is 0.107. The fourth-order valence-electron chi connectivity index (χ4n) is 6.98. The summed E-state index contributed by atoms with van der Waals surface area (Å²) in [7, 11) is -4.46. The molecule has 1 amide bonds. The van der Waals surface area contributed by atoms with E-state index < -0.39 is 31.4 Å². The van der Waals surface area contributed by atoms with Gasteiger partial charge in [0.25, 0.3) is 21.6 Å². The molecule has 1 aliphatic heterocycles. The van der Waals surface area contributed by atoms with Gasteiger partial charge in [-0.05, 0) is 78.3 Å². The van der Waals surface area contributed by atoms with Crippen molar-refractivity contribution in [1.29, 1.82) is 0 Å². The lowest BCUT2D eigenvalue weighted by Gasteiger charge is -2.39. The molecule has 3 heterocycles. The molecule has 2 N–H and O–H groups in total. The lowest BCUT2D eigenvalue weighted by molar-refractivity contribution is -0.385. The number of aromatic amines is 1. The average Bonchev–Trinajstić information content (AvgIpc) is 3.61. The zero-order valence-corrected chi connectivity index (χ0v) is 30.9. The van der Waals surface area contributed by atoms with Crippen LogP contribution in [0.1, 0.15) is 49.0 Å². The molecule has 5 aromatic rings. The number of benzene rings is 3. The first-order chi connectivity index (χ1) is 25.3. The zero-order chi connectivity index (χ0) is 37.3. The summed E-state index contributed by atoms with van der Waals surface area (Å²) in [6, 6.07) is 21.3. The number of nitro groups is 1. The summed E-state index contributed by atoms with van der Waals surface area (Å²) in [5.74, 6) is -0.454. The molecule has 0 bridgehead atoms. The van der Waals surface area contributed by atoms with Crippen LogP contribution in [-0.2, 0) is 10.0 Å². The van der Waals surface area contributed by atoms with Crippen LogP contribution in [0.25, 0.3) is 16.6 Å². The van der Waals surface area contributed by atoms with E-state index in [1.807, 2.05) is 18.2 Å². The van der Waals surface area contributed by atoms with E-state index in [9.17, 15) is 23.3 Å². The van der Waals surface area contributed by atoms with Crippen LogP contribution in [0, 0.1) is 15.5 Å². The summed E-state index contributed by atoms with van der Waals surface area (Å²) in [6.07, 6.45) is 6.48. The van der Waals surface area contributed by atoms with Crippen molar-refractivity contribution in [2.24, 2.45) is 5.41 Å². The fourth-order valence-corrected chi connectivity index (χ4v) is 8.11. The maximum atomic E-state index is 13.6. The van der Waals surface area contributed by atoms with E-state index in [0.717, 1.165) is 74.1 Å². The summed E-state index contributed by atoms with van der Waals surface area (Å²) >= 11 is 6.21. The molecule has 53 heavy (non-hydrogen) atoms. The predicted molar refractivity (Wildman–Crippen MR) is 205 cm³/mol. The minimum Gasteiger partial charge on any atom is -0.455 e. The topological polar surface area (TPSA) is 151 Å². The third-order valence-corrected chi connectivity index (χ3v) is 11.5. The number of carbonyl (C=O) groups excluding carboxylic acids is 1. The number of carbonyl (C=O) groups is 1. The standard InChI is InChI=1S/C39H39ClN6O6S/c1-39(2)14-12-28(35(23-39)26-6-8-29(40)9-7-26)25-44-16-18-45(19-17-44)30-10-11-34(36(22-30)52-32-20-27-13-15-41-37(27)42-24-32)38(47)43-53(50,51)33-5-3-4-31(21-33)46(48)49/h3-11,13,15,20-22,24H,12,14,16-19,23,25H2,1-2H3,(H,41,42)(H,43,47). The Kier molecular flexibility index (Phi) is 9.99. The Morgan fingerprint density at radius 2 is 1.81 bits per heavy atom. The number of amides is 1. The highest BCUT2D eigenvalue weighted by molar-refractivity contribution is 7.90. The van der Waals surface area contributed by atoms with Crippen molar-refractivity contribution < 1.29 is 22.9 Å². The van der Waals surface area contributed by atoms with Crippen LogP contribution in [0.2, 0.25) is 5.02 Å². The minimum atomic E-state index is -4.46. The Bertz CT molecular complexity index is 2330. The second-order valence-corrected chi connectivity index (χ2v) is 16.4. The number of nitrogens with one attached hydrogen (secondary N) is 2. The number of anilines is 1. The number of nitrogens with zero attached hydrogens (tertiary/aromatic N) is 4. The first-order valence-electron chi connectivity index (χ1n) is 17.3. The number of H-pyrrole nitrogens is 1. The van der Waals surface area contributed by atoms with Gasteiger partial charge in [-0.25, -0.2) is 18.1 Å². The van der Waals surface area contributed by atoms with Gasteiger partial charge in [0.15, 0.2) is 0 Å². The molecular formula is C39H39ClN6O6S. The van der Waals surface area contributed by atoms with Crippen molar-refractivity contribution in [2.75, 3.05) is 37.6 Å². The van der Waals surface area contributed by atoms with Crippen LogP contribution in [0.5, 0.6) is 11.5 Å².